The zero-order valence-corrected chi connectivity index (χ0v) is 12.6. The number of carbonyl (C=O) groups is 1. The van der Waals surface area contributed by atoms with Crippen molar-refractivity contribution in [1.29, 1.82) is 0 Å². The Labute approximate surface area is 120 Å². The molecule has 2 heterocycles. The fraction of sp³-hybridized carbons (Fsp3) is 0.667. The van der Waals surface area contributed by atoms with Crippen LogP contribution in [0, 0.1) is 11.3 Å². The molecular weight excluding hydrogens is 252 g/mol. The number of nitrogens with one attached hydrogen (secondary N) is 1. The minimum Gasteiger partial charge on any atom is -0.355 e. The second-order valence-electron chi connectivity index (χ2n) is 6.45. The van der Waals surface area contributed by atoms with Gasteiger partial charge < -0.3 is 10.2 Å². The Balaban J connectivity index is 1.76. The number of amides is 1. The van der Waals surface area contributed by atoms with Crippen molar-refractivity contribution in [2.24, 2.45) is 11.3 Å². The zero-order chi connectivity index (χ0) is 14.6. The summed E-state index contributed by atoms with van der Waals surface area (Å²) in [6.07, 6.45) is 7.40. The average Bonchev–Trinajstić information content (AvgIpc) is 2.45. The smallest absolute Gasteiger partial charge is 0.225 e. The van der Waals surface area contributed by atoms with E-state index in [2.05, 4.69) is 20.2 Å². The van der Waals surface area contributed by atoms with E-state index in [-0.39, 0.29) is 11.3 Å². The Morgan fingerprint density at radius 1 is 1.35 bits per heavy atom. The van der Waals surface area contributed by atoms with Crippen LogP contribution in [0.25, 0.3) is 0 Å². The molecule has 1 N–H and O–H groups in total. The predicted octanol–water partition coefficient (Wildman–Crippen LogP) is 1.86. The van der Waals surface area contributed by atoms with Crippen LogP contribution < -0.4 is 10.2 Å². The largest absolute Gasteiger partial charge is 0.355 e. The van der Waals surface area contributed by atoms with Crippen LogP contribution in [-0.2, 0) is 4.79 Å². The Morgan fingerprint density at radius 2 is 2.05 bits per heavy atom. The first-order chi connectivity index (χ1) is 9.47. The van der Waals surface area contributed by atoms with E-state index in [0.717, 1.165) is 38.3 Å². The molecule has 1 amide bonds. The van der Waals surface area contributed by atoms with Crippen LogP contribution >= 0.6 is 0 Å². The number of rotatable bonds is 3. The van der Waals surface area contributed by atoms with E-state index in [0.29, 0.717) is 5.92 Å². The Bertz CT molecular complexity index is 433. The number of piperidine rings is 1. The van der Waals surface area contributed by atoms with Gasteiger partial charge in [-0.25, -0.2) is 4.98 Å². The van der Waals surface area contributed by atoms with Crippen LogP contribution in [-0.4, -0.2) is 35.5 Å². The van der Waals surface area contributed by atoms with E-state index >= 15 is 0 Å². The lowest BCUT2D eigenvalue weighted by Gasteiger charge is -2.33. The molecule has 0 aliphatic carbocycles. The number of anilines is 1. The minimum atomic E-state index is -0.305. The van der Waals surface area contributed by atoms with Crippen LogP contribution in [0.15, 0.2) is 18.6 Å². The molecule has 1 aliphatic heterocycles. The van der Waals surface area contributed by atoms with Crippen molar-refractivity contribution in [3.63, 3.8) is 0 Å². The molecule has 1 saturated heterocycles. The number of hydrogen-bond donors (Lipinski definition) is 1. The summed E-state index contributed by atoms with van der Waals surface area (Å²) >= 11 is 0. The monoisotopic (exact) mass is 276 g/mol. The maximum Gasteiger partial charge on any atom is 0.225 e. The van der Waals surface area contributed by atoms with Crippen molar-refractivity contribution in [2.75, 3.05) is 24.5 Å². The van der Waals surface area contributed by atoms with Crippen molar-refractivity contribution >= 4 is 11.7 Å². The molecule has 1 fully saturated rings. The lowest BCUT2D eigenvalue weighted by atomic mass is 9.93. The first-order valence-electron chi connectivity index (χ1n) is 7.26. The van der Waals surface area contributed by atoms with Gasteiger partial charge in [-0.3, -0.25) is 9.78 Å². The normalized spacial score (nSPS) is 17.1. The standard InChI is InChI=1S/C15H24N4O/c1-15(2,3)14(20)18-10-12-4-8-19(9-5-12)13-11-16-6-7-17-13/h6-7,11-12H,4-5,8-10H2,1-3H3,(H,18,20). The van der Waals surface area contributed by atoms with Gasteiger partial charge in [0.25, 0.3) is 0 Å². The van der Waals surface area contributed by atoms with Crippen LogP contribution in [0.3, 0.4) is 0 Å². The summed E-state index contributed by atoms with van der Waals surface area (Å²) in [6.45, 7) is 8.57. The number of nitrogens with zero attached hydrogens (tertiary/aromatic N) is 3. The molecule has 1 aromatic heterocycles. The minimum absolute atomic E-state index is 0.133. The van der Waals surface area contributed by atoms with Gasteiger partial charge in [0.2, 0.25) is 5.91 Å². The van der Waals surface area contributed by atoms with Gasteiger partial charge in [0.1, 0.15) is 5.82 Å². The summed E-state index contributed by atoms with van der Waals surface area (Å²) in [4.78, 5) is 22.5. The molecule has 0 unspecified atom stereocenters. The first kappa shape index (κ1) is 14.8. The van der Waals surface area contributed by atoms with Crippen LogP contribution in [0.2, 0.25) is 0 Å². The fourth-order valence-corrected chi connectivity index (χ4v) is 2.32. The highest BCUT2D eigenvalue weighted by Crippen LogP contribution is 2.21. The number of aromatic nitrogens is 2. The summed E-state index contributed by atoms with van der Waals surface area (Å²) < 4.78 is 0. The summed E-state index contributed by atoms with van der Waals surface area (Å²) in [6, 6.07) is 0. The van der Waals surface area contributed by atoms with Crippen molar-refractivity contribution in [3.05, 3.63) is 18.6 Å². The third kappa shape index (κ3) is 3.92. The van der Waals surface area contributed by atoms with Gasteiger partial charge in [-0.2, -0.15) is 0 Å². The first-order valence-corrected chi connectivity index (χ1v) is 7.26. The number of hydrogen-bond acceptors (Lipinski definition) is 4. The van der Waals surface area contributed by atoms with E-state index in [1.165, 1.54) is 0 Å². The van der Waals surface area contributed by atoms with Crippen LogP contribution in [0.4, 0.5) is 5.82 Å². The van der Waals surface area contributed by atoms with E-state index in [1.54, 1.807) is 12.4 Å². The second kappa shape index (κ2) is 6.20. The molecule has 0 bridgehead atoms. The predicted molar refractivity (Wildman–Crippen MR) is 79.4 cm³/mol. The highest BCUT2D eigenvalue weighted by molar-refractivity contribution is 5.81. The highest BCUT2D eigenvalue weighted by Gasteiger charge is 2.24. The molecule has 20 heavy (non-hydrogen) atoms. The van der Waals surface area contributed by atoms with Gasteiger partial charge in [-0.1, -0.05) is 20.8 Å². The molecule has 110 valence electrons. The van der Waals surface area contributed by atoms with Crippen LogP contribution in [0.1, 0.15) is 33.6 Å². The van der Waals surface area contributed by atoms with Gasteiger partial charge in [0.15, 0.2) is 0 Å². The Morgan fingerprint density at radius 3 is 2.60 bits per heavy atom. The Hall–Kier alpha value is -1.65. The maximum absolute atomic E-state index is 11.9. The molecule has 0 spiro atoms. The molecule has 0 aromatic carbocycles. The van der Waals surface area contributed by atoms with Gasteiger partial charge in [-0.05, 0) is 18.8 Å². The van der Waals surface area contributed by atoms with Gasteiger partial charge in [-0.15, -0.1) is 0 Å². The quantitative estimate of drug-likeness (QED) is 0.915. The lowest BCUT2D eigenvalue weighted by molar-refractivity contribution is -0.128. The summed E-state index contributed by atoms with van der Waals surface area (Å²) in [5.41, 5.74) is -0.305. The molecule has 5 nitrogen and oxygen atoms in total. The molecule has 2 rings (SSSR count). The SMILES string of the molecule is CC(C)(C)C(=O)NCC1CCN(c2cnccn2)CC1. The summed E-state index contributed by atoms with van der Waals surface area (Å²) in [5.74, 6) is 1.65. The average molecular weight is 276 g/mol. The lowest BCUT2D eigenvalue weighted by Crippen LogP contribution is -2.41. The van der Waals surface area contributed by atoms with Crippen molar-refractivity contribution in [1.82, 2.24) is 15.3 Å². The van der Waals surface area contributed by atoms with Gasteiger partial charge in [0.05, 0.1) is 6.20 Å². The van der Waals surface area contributed by atoms with E-state index in [1.807, 2.05) is 27.0 Å². The van der Waals surface area contributed by atoms with Crippen molar-refractivity contribution < 1.29 is 4.79 Å². The molecule has 0 saturated carbocycles. The molecule has 1 aliphatic rings. The summed E-state index contributed by atoms with van der Waals surface area (Å²) in [5, 5.41) is 3.06. The highest BCUT2D eigenvalue weighted by atomic mass is 16.2. The third-order valence-corrected chi connectivity index (χ3v) is 3.72. The molecule has 0 atom stereocenters. The summed E-state index contributed by atoms with van der Waals surface area (Å²) in [7, 11) is 0. The maximum atomic E-state index is 11.9. The van der Waals surface area contributed by atoms with E-state index in [4.69, 9.17) is 0 Å². The van der Waals surface area contributed by atoms with E-state index in [9.17, 15) is 4.79 Å². The van der Waals surface area contributed by atoms with Crippen molar-refractivity contribution in [2.45, 2.75) is 33.6 Å². The Kier molecular flexibility index (Phi) is 4.57. The molecule has 0 radical (unpaired) electrons. The third-order valence-electron chi connectivity index (χ3n) is 3.72. The fourth-order valence-electron chi connectivity index (χ4n) is 2.32. The number of carbonyl (C=O) groups excluding carboxylic acids is 1. The topological polar surface area (TPSA) is 58.1 Å². The second-order valence-corrected chi connectivity index (χ2v) is 6.45. The molecule has 1 aromatic rings. The van der Waals surface area contributed by atoms with Crippen molar-refractivity contribution in [3.8, 4) is 0 Å². The van der Waals surface area contributed by atoms with Gasteiger partial charge >= 0.3 is 0 Å². The molecular formula is C15H24N4O. The van der Waals surface area contributed by atoms with Gasteiger partial charge in [0, 0.05) is 37.4 Å². The zero-order valence-electron chi connectivity index (χ0n) is 12.6. The van der Waals surface area contributed by atoms with E-state index < -0.39 is 0 Å². The van der Waals surface area contributed by atoms with Crippen LogP contribution in [0.5, 0.6) is 0 Å². The molecule has 5 heteroatoms.